The van der Waals surface area contributed by atoms with Crippen LogP contribution < -0.4 is 5.32 Å². The lowest BCUT2D eigenvalue weighted by Gasteiger charge is -2.20. The molecule has 1 unspecified atom stereocenters. The summed E-state index contributed by atoms with van der Waals surface area (Å²) < 4.78 is 5.53. The number of nitrogens with zero attached hydrogens (tertiary/aromatic N) is 1. The summed E-state index contributed by atoms with van der Waals surface area (Å²) in [4.78, 5) is 24.5. The minimum Gasteiger partial charge on any atom is -0.351 e. The summed E-state index contributed by atoms with van der Waals surface area (Å²) in [5, 5.41) is 2.30. The molecule has 1 aromatic rings. The third-order valence-corrected chi connectivity index (χ3v) is 3.13. The number of hydrogen-bond donors (Lipinski definition) is 1. The molecule has 0 bridgehead atoms. The first-order valence-corrected chi connectivity index (χ1v) is 5.48. The molecule has 2 atom stereocenters. The number of fused-ring (bicyclic) bond motifs is 1. The molecule has 0 spiro atoms. The summed E-state index contributed by atoms with van der Waals surface area (Å²) in [5.41, 5.74) is 2.04. The molecule has 2 fully saturated rings. The van der Waals surface area contributed by atoms with Crippen LogP contribution in [0.1, 0.15) is 17.4 Å². The highest BCUT2D eigenvalue weighted by atomic mass is 16.5. The molecule has 0 saturated carbocycles. The van der Waals surface area contributed by atoms with Crippen molar-refractivity contribution < 1.29 is 14.3 Å². The molecule has 5 nitrogen and oxygen atoms in total. The third kappa shape index (κ3) is 1.51. The zero-order chi connectivity index (χ0) is 12.0. The van der Waals surface area contributed by atoms with E-state index >= 15 is 0 Å². The molecule has 88 valence electrons. The molecule has 17 heavy (non-hydrogen) atoms. The standard InChI is InChI=1S/C12H12N2O3/c1-7-2-4-8(5-3-7)11-14-9(6-17-11)10(15)13-12(14)16/h2-5,9,11H,6H2,1H3,(H,13,15,16)/t9-,11?/m1/s1. The third-order valence-electron chi connectivity index (χ3n) is 3.13. The van der Waals surface area contributed by atoms with Gasteiger partial charge < -0.3 is 4.74 Å². The van der Waals surface area contributed by atoms with E-state index < -0.39 is 12.3 Å². The maximum atomic E-state index is 11.6. The average molecular weight is 232 g/mol. The number of rotatable bonds is 1. The molecule has 0 aromatic heterocycles. The number of benzene rings is 1. The molecule has 0 aliphatic carbocycles. The predicted octanol–water partition coefficient (Wildman–Crippen LogP) is 0.944. The van der Waals surface area contributed by atoms with Gasteiger partial charge in [0.25, 0.3) is 5.91 Å². The van der Waals surface area contributed by atoms with E-state index in [9.17, 15) is 9.59 Å². The number of nitrogens with one attached hydrogen (secondary N) is 1. The molecule has 3 amide bonds. The van der Waals surface area contributed by atoms with E-state index in [4.69, 9.17) is 4.74 Å². The fourth-order valence-corrected chi connectivity index (χ4v) is 2.20. The normalized spacial score (nSPS) is 27.2. The van der Waals surface area contributed by atoms with Crippen LogP contribution in [-0.2, 0) is 9.53 Å². The monoisotopic (exact) mass is 232 g/mol. The zero-order valence-corrected chi connectivity index (χ0v) is 9.34. The van der Waals surface area contributed by atoms with Crippen molar-refractivity contribution in [1.82, 2.24) is 10.2 Å². The van der Waals surface area contributed by atoms with Crippen LogP contribution in [0.25, 0.3) is 0 Å². The summed E-state index contributed by atoms with van der Waals surface area (Å²) in [6, 6.07) is 6.90. The van der Waals surface area contributed by atoms with Crippen LogP contribution >= 0.6 is 0 Å². The molecule has 2 aliphatic rings. The summed E-state index contributed by atoms with van der Waals surface area (Å²) >= 11 is 0. The van der Waals surface area contributed by atoms with E-state index in [0.29, 0.717) is 0 Å². The summed E-state index contributed by atoms with van der Waals surface area (Å²) in [5.74, 6) is -0.274. The number of aryl methyl sites for hydroxylation is 1. The summed E-state index contributed by atoms with van der Waals surface area (Å²) in [6.07, 6.45) is -0.452. The van der Waals surface area contributed by atoms with Gasteiger partial charge >= 0.3 is 6.03 Å². The van der Waals surface area contributed by atoms with Gasteiger partial charge in [-0.15, -0.1) is 0 Å². The minimum atomic E-state index is -0.478. The molecular formula is C12H12N2O3. The number of carbonyl (C=O) groups excluding carboxylic acids is 2. The number of amides is 3. The lowest BCUT2D eigenvalue weighted by molar-refractivity contribution is -0.120. The highest BCUT2D eigenvalue weighted by molar-refractivity contribution is 6.04. The van der Waals surface area contributed by atoms with Gasteiger partial charge in [-0.2, -0.15) is 0 Å². The average Bonchev–Trinajstić information content (AvgIpc) is 2.84. The van der Waals surface area contributed by atoms with Crippen LogP contribution in [0.3, 0.4) is 0 Å². The number of carbonyl (C=O) groups is 2. The smallest absolute Gasteiger partial charge is 0.327 e. The van der Waals surface area contributed by atoms with Crippen LogP contribution in [0.5, 0.6) is 0 Å². The Bertz CT molecular complexity index is 483. The summed E-state index contributed by atoms with van der Waals surface area (Å²) in [6.45, 7) is 2.25. The first-order valence-electron chi connectivity index (χ1n) is 5.48. The maximum Gasteiger partial charge on any atom is 0.327 e. The summed E-state index contributed by atoms with van der Waals surface area (Å²) in [7, 11) is 0. The van der Waals surface area contributed by atoms with Crippen molar-refractivity contribution in [3.8, 4) is 0 Å². The first kappa shape index (κ1) is 10.3. The Hall–Kier alpha value is -1.88. The largest absolute Gasteiger partial charge is 0.351 e. The van der Waals surface area contributed by atoms with Gasteiger partial charge in [0.2, 0.25) is 0 Å². The quantitative estimate of drug-likeness (QED) is 0.733. The first-order chi connectivity index (χ1) is 8.16. The van der Waals surface area contributed by atoms with Gasteiger partial charge in [-0.25, -0.2) is 4.79 Å². The second-order valence-electron chi connectivity index (χ2n) is 4.31. The Kier molecular flexibility index (Phi) is 2.16. The predicted molar refractivity (Wildman–Crippen MR) is 59.0 cm³/mol. The van der Waals surface area contributed by atoms with Gasteiger partial charge in [0.1, 0.15) is 6.04 Å². The van der Waals surface area contributed by atoms with E-state index in [2.05, 4.69) is 5.32 Å². The molecule has 2 aliphatic heterocycles. The fraction of sp³-hybridized carbons (Fsp3) is 0.333. The number of ether oxygens (including phenoxy) is 1. The van der Waals surface area contributed by atoms with E-state index in [1.54, 1.807) is 0 Å². The highest BCUT2D eigenvalue weighted by Crippen LogP contribution is 2.33. The SMILES string of the molecule is Cc1ccc(C2OC[C@@H]3C(=O)NC(=O)N23)cc1. The van der Waals surface area contributed by atoms with Crippen LogP contribution in [0.4, 0.5) is 4.79 Å². The fourth-order valence-electron chi connectivity index (χ4n) is 2.20. The van der Waals surface area contributed by atoms with Crippen molar-refractivity contribution >= 4 is 11.9 Å². The van der Waals surface area contributed by atoms with Crippen molar-refractivity contribution in [3.05, 3.63) is 35.4 Å². The highest BCUT2D eigenvalue weighted by Gasteiger charge is 2.48. The van der Waals surface area contributed by atoms with E-state index in [0.717, 1.165) is 11.1 Å². The Labute approximate surface area is 98.4 Å². The van der Waals surface area contributed by atoms with Crippen LogP contribution in [0, 0.1) is 6.92 Å². The lowest BCUT2D eigenvalue weighted by atomic mass is 10.1. The molecule has 0 radical (unpaired) electrons. The molecule has 1 N–H and O–H groups in total. The van der Waals surface area contributed by atoms with Crippen LogP contribution in [0.15, 0.2) is 24.3 Å². The number of hydrogen-bond acceptors (Lipinski definition) is 3. The maximum absolute atomic E-state index is 11.6. The van der Waals surface area contributed by atoms with E-state index in [1.165, 1.54) is 4.90 Å². The Morgan fingerprint density at radius 1 is 1.29 bits per heavy atom. The van der Waals surface area contributed by atoms with Gasteiger partial charge in [0, 0.05) is 5.56 Å². The molecular weight excluding hydrogens is 220 g/mol. The van der Waals surface area contributed by atoms with Gasteiger partial charge in [0.05, 0.1) is 6.61 Å². The van der Waals surface area contributed by atoms with E-state index in [-0.39, 0.29) is 18.5 Å². The van der Waals surface area contributed by atoms with Gasteiger partial charge in [-0.1, -0.05) is 29.8 Å². The van der Waals surface area contributed by atoms with Crippen LogP contribution in [0.2, 0.25) is 0 Å². The Balaban J connectivity index is 1.93. The molecule has 2 saturated heterocycles. The van der Waals surface area contributed by atoms with Gasteiger partial charge in [-0.3, -0.25) is 15.0 Å². The number of urea groups is 1. The van der Waals surface area contributed by atoms with Crippen molar-refractivity contribution in [2.75, 3.05) is 6.61 Å². The molecule has 5 heteroatoms. The second kappa shape index (κ2) is 3.56. The second-order valence-corrected chi connectivity index (χ2v) is 4.31. The molecule has 2 heterocycles. The minimum absolute atomic E-state index is 0.260. The zero-order valence-electron chi connectivity index (χ0n) is 9.34. The molecule has 3 rings (SSSR count). The molecule has 1 aromatic carbocycles. The van der Waals surface area contributed by atoms with Crippen molar-refractivity contribution in [2.24, 2.45) is 0 Å². The van der Waals surface area contributed by atoms with Crippen molar-refractivity contribution in [1.29, 1.82) is 0 Å². The topological polar surface area (TPSA) is 58.6 Å². The van der Waals surface area contributed by atoms with E-state index in [1.807, 2.05) is 31.2 Å². The van der Waals surface area contributed by atoms with Gasteiger partial charge in [0.15, 0.2) is 6.23 Å². The van der Waals surface area contributed by atoms with Crippen molar-refractivity contribution in [3.63, 3.8) is 0 Å². The van der Waals surface area contributed by atoms with Gasteiger partial charge in [-0.05, 0) is 6.92 Å². The number of imide groups is 1. The Morgan fingerprint density at radius 3 is 2.71 bits per heavy atom. The van der Waals surface area contributed by atoms with Crippen molar-refractivity contribution in [2.45, 2.75) is 19.2 Å². The van der Waals surface area contributed by atoms with Crippen LogP contribution in [-0.4, -0.2) is 29.5 Å². The lowest BCUT2D eigenvalue weighted by Crippen LogP contribution is -2.32. The Morgan fingerprint density at radius 2 is 2.00 bits per heavy atom.